The maximum atomic E-state index is 12.3. The molecule has 8 heteroatoms. The number of rotatable bonds is 3. The molecule has 106 valence electrons. The van der Waals surface area contributed by atoms with Crippen LogP contribution >= 0.6 is 11.3 Å². The van der Waals surface area contributed by atoms with Gasteiger partial charge in [0.15, 0.2) is 4.21 Å². The number of aryl methyl sites for hydroxylation is 1. The van der Waals surface area contributed by atoms with Gasteiger partial charge in [0.2, 0.25) is 0 Å². The number of ether oxygens (including phenoxy) is 1. The van der Waals surface area contributed by atoms with E-state index in [1.165, 1.54) is 28.9 Å². The minimum atomic E-state index is -3.46. The van der Waals surface area contributed by atoms with Crippen molar-refractivity contribution >= 4 is 27.3 Å². The SMILES string of the molecule is COC(=O)C1CCN(S(=O)(=O)c2cnc(C)s2)CC1. The number of piperidine rings is 1. The van der Waals surface area contributed by atoms with Crippen molar-refractivity contribution in [3.05, 3.63) is 11.2 Å². The van der Waals surface area contributed by atoms with Gasteiger partial charge in [-0.15, -0.1) is 11.3 Å². The Balaban J connectivity index is 2.07. The molecule has 0 saturated carbocycles. The van der Waals surface area contributed by atoms with E-state index in [0.717, 1.165) is 5.01 Å². The summed E-state index contributed by atoms with van der Waals surface area (Å²) in [5.41, 5.74) is 0. The molecule has 0 N–H and O–H groups in total. The summed E-state index contributed by atoms with van der Waals surface area (Å²) in [7, 11) is -2.11. The summed E-state index contributed by atoms with van der Waals surface area (Å²) in [5.74, 6) is -0.453. The second-order valence-corrected chi connectivity index (χ2v) is 7.80. The molecule has 0 aliphatic carbocycles. The number of hydrogen-bond donors (Lipinski definition) is 0. The van der Waals surface area contributed by atoms with Crippen LogP contribution in [0.1, 0.15) is 17.8 Å². The number of hydrogen-bond acceptors (Lipinski definition) is 6. The molecular formula is C11H16N2O4S2. The van der Waals surface area contributed by atoms with E-state index < -0.39 is 10.0 Å². The summed E-state index contributed by atoms with van der Waals surface area (Å²) in [5, 5.41) is 0.725. The third kappa shape index (κ3) is 2.96. The lowest BCUT2D eigenvalue weighted by atomic mass is 9.99. The smallest absolute Gasteiger partial charge is 0.308 e. The fourth-order valence-electron chi connectivity index (χ4n) is 2.09. The maximum Gasteiger partial charge on any atom is 0.308 e. The van der Waals surface area contributed by atoms with E-state index in [9.17, 15) is 13.2 Å². The third-order valence-corrected chi connectivity index (χ3v) is 6.43. The van der Waals surface area contributed by atoms with Gasteiger partial charge < -0.3 is 4.74 Å². The standard InChI is InChI=1S/C11H16N2O4S2/c1-8-12-7-10(18-8)19(15,16)13-5-3-9(4-6-13)11(14)17-2/h7,9H,3-6H2,1-2H3. The van der Waals surface area contributed by atoms with Gasteiger partial charge >= 0.3 is 5.97 Å². The Kier molecular flexibility index (Phi) is 4.22. The lowest BCUT2D eigenvalue weighted by Crippen LogP contribution is -2.40. The second kappa shape index (κ2) is 5.56. The van der Waals surface area contributed by atoms with Gasteiger partial charge in [-0.2, -0.15) is 4.31 Å². The molecule has 0 amide bonds. The fraction of sp³-hybridized carbons (Fsp3) is 0.636. The highest BCUT2D eigenvalue weighted by atomic mass is 32.2. The molecule has 0 aromatic carbocycles. The molecule has 2 rings (SSSR count). The predicted molar refractivity (Wildman–Crippen MR) is 70.3 cm³/mol. The molecule has 1 aromatic heterocycles. The van der Waals surface area contributed by atoms with Gasteiger partial charge in [0.25, 0.3) is 10.0 Å². The zero-order chi connectivity index (χ0) is 14.0. The number of carbonyl (C=O) groups excluding carboxylic acids is 1. The van der Waals surface area contributed by atoms with Crippen LogP contribution in [0, 0.1) is 12.8 Å². The van der Waals surface area contributed by atoms with Crippen molar-refractivity contribution in [2.75, 3.05) is 20.2 Å². The van der Waals surface area contributed by atoms with Gasteiger partial charge in [-0.05, 0) is 19.8 Å². The van der Waals surface area contributed by atoms with Crippen molar-refractivity contribution in [3.8, 4) is 0 Å². The average Bonchev–Trinajstić information content (AvgIpc) is 2.85. The molecule has 0 atom stereocenters. The highest BCUT2D eigenvalue weighted by Crippen LogP contribution is 2.27. The van der Waals surface area contributed by atoms with Crippen LogP contribution in [0.5, 0.6) is 0 Å². The first kappa shape index (κ1) is 14.4. The number of methoxy groups -OCH3 is 1. The molecule has 0 unspecified atom stereocenters. The summed E-state index contributed by atoms with van der Waals surface area (Å²) in [6, 6.07) is 0. The maximum absolute atomic E-state index is 12.3. The Morgan fingerprint density at radius 1 is 1.47 bits per heavy atom. The molecule has 1 aliphatic heterocycles. The molecule has 19 heavy (non-hydrogen) atoms. The van der Waals surface area contributed by atoms with E-state index in [1.807, 2.05) is 0 Å². The lowest BCUT2D eigenvalue weighted by Gasteiger charge is -2.29. The van der Waals surface area contributed by atoms with E-state index in [2.05, 4.69) is 9.72 Å². The topological polar surface area (TPSA) is 76.6 Å². The number of nitrogens with zero attached hydrogens (tertiary/aromatic N) is 2. The third-order valence-electron chi connectivity index (χ3n) is 3.18. The van der Waals surface area contributed by atoms with Gasteiger partial charge in [-0.3, -0.25) is 4.79 Å². The number of thiazole rings is 1. The predicted octanol–water partition coefficient (Wildman–Crippen LogP) is 1.03. The van der Waals surface area contributed by atoms with Crippen LogP contribution in [-0.4, -0.2) is 43.9 Å². The van der Waals surface area contributed by atoms with Crippen molar-refractivity contribution in [3.63, 3.8) is 0 Å². The minimum Gasteiger partial charge on any atom is -0.469 e. The Labute approximate surface area is 116 Å². The molecule has 0 spiro atoms. The van der Waals surface area contributed by atoms with Crippen molar-refractivity contribution in [1.82, 2.24) is 9.29 Å². The molecule has 1 aromatic rings. The summed E-state index contributed by atoms with van der Waals surface area (Å²) in [4.78, 5) is 15.4. The molecule has 2 heterocycles. The van der Waals surface area contributed by atoms with Crippen LogP contribution in [-0.2, 0) is 19.6 Å². The van der Waals surface area contributed by atoms with Gasteiger partial charge in [0.1, 0.15) is 0 Å². The van der Waals surface area contributed by atoms with Gasteiger partial charge in [-0.25, -0.2) is 13.4 Å². The molecular weight excluding hydrogens is 288 g/mol. The first-order valence-corrected chi connectivity index (χ1v) is 8.21. The Morgan fingerprint density at radius 2 is 2.11 bits per heavy atom. The van der Waals surface area contributed by atoms with Crippen molar-refractivity contribution in [2.24, 2.45) is 5.92 Å². The van der Waals surface area contributed by atoms with Crippen LogP contribution in [0.2, 0.25) is 0 Å². The zero-order valence-corrected chi connectivity index (χ0v) is 12.5. The van der Waals surface area contributed by atoms with E-state index in [-0.39, 0.29) is 16.1 Å². The van der Waals surface area contributed by atoms with E-state index in [1.54, 1.807) is 6.92 Å². The normalized spacial score (nSPS) is 18.4. The number of carbonyl (C=O) groups is 1. The van der Waals surface area contributed by atoms with Crippen molar-refractivity contribution in [2.45, 2.75) is 24.0 Å². The van der Waals surface area contributed by atoms with Gasteiger partial charge in [-0.1, -0.05) is 0 Å². The van der Waals surface area contributed by atoms with Crippen LogP contribution in [0.25, 0.3) is 0 Å². The Morgan fingerprint density at radius 3 is 2.58 bits per heavy atom. The molecule has 0 radical (unpaired) electrons. The largest absolute Gasteiger partial charge is 0.469 e. The summed E-state index contributed by atoms with van der Waals surface area (Å²) in [6.45, 7) is 2.46. The molecule has 6 nitrogen and oxygen atoms in total. The summed E-state index contributed by atoms with van der Waals surface area (Å²) < 4.78 is 31.0. The van der Waals surface area contributed by atoms with Crippen LogP contribution in [0.3, 0.4) is 0 Å². The highest BCUT2D eigenvalue weighted by Gasteiger charge is 2.33. The Hall–Kier alpha value is -0.990. The van der Waals surface area contributed by atoms with E-state index >= 15 is 0 Å². The van der Waals surface area contributed by atoms with Crippen molar-refractivity contribution < 1.29 is 17.9 Å². The minimum absolute atomic E-state index is 0.195. The first-order valence-electron chi connectivity index (χ1n) is 5.95. The zero-order valence-electron chi connectivity index (χ0n) is 10.8. The molecule has 0 bridgehead atoms. The van der Waals surface area contributed by atoms with Crippen LogP contribution in [0.4, 0.5) is 0 Å². The van der Waals surface area contributed by atoms with E-state index in [4.69, 9.17) is 0 Å². The van der Waals surface area contributed by atoms with Gasteiger partial charge in [0, 0.05) is 13.1 Å². The van der Waals surface area contributed by atoms with Gasteiger partial charge in [0.05, 0.1) is 24.2 Å². The summed E-state index contributed by atoms with van der Waals surface area (Å²) >= 11 is 1.17. The lowest BCUT2D eigenvalue weighted by molar-refractivity contribution is -0.146. The summed E-state index contributed by atoms with van der Waals surface area (Å²) in [6.07, 6.45) is 2.40. The number of esters is 1. The monoisotopic (exact) mass is 304 g/mol. The van der Waals surface area contributed by atoms with E-state index in [0.29, 0.717) is 25.9 Å². The van der Waals surface area contributed by atoms with Crippen LogP contribution in [0.15, 0.2) is 10.4 Å². The average molecular weight is 304 g/mol. The second-order valence-electron chi connectivity index (χ2n) is 4.40. The fourth-order valence-corrected chi connectivity index (χ4v) is 4.82. The highest BCUT2D eigenvalue weighted by molar-refractivity contribution is 7.91. The number of sulfonamides is 1. The quantitative estimate of drug-likeness (QED) is 0.779. The molecule has 1 saturated heterocycles. The Bertz CT molecular complexity index is 559. The molecule has 1 aliphatic rings. The number of aromatic nitrogens is 1. The first-order chi connectivity index (χ1) is 8.95. The molecule has 1 fully saturated rings. The van der Waals surface area contributed by atoms with Crippen molar-refractivity contribution in [1.29, 1.82) is 0 Å². The van der Waals surface area contributed by atoms with Crippen LogP contribution < -0.4 is 0 Å².